The van der Waals surface area contributed by atoms with Crippen LogP contribution in [0.25, 0.3) is 0 Å². The Morgan fingerprint density at radius 1 is 1.39 bits per heavy atom. The molecule has 1 N–H and O–H groups in total. The Kier molecular flexibility index (Phi) is 5.37. The summed E-state index contributed by atoms with van der Waals surface area (Å²) in [5.74, 6) is 0.622. The molecule has 1 atom stereocenters. The highest BCUT2D eigenvalue weighted by Gasteiger charge is 2.29. The lowest BCUT2D eigenvalue weighted by molar-refractivity contribution is 0.322. The number of furan rings is 1. The second-order valence-electron chi connectivity index (χ2n) is 4.22. The van der Waals surface area contributed by atoms with Crippen molar-refractivity contribution in [3.05, 3.63) is 17.9 Å². The summed E-state index contributed by atoms with van der Waals surface area (Å²) in [5, 5.41) is 2.95. The van der Waals surface area contributed by atoms with Crippen molar-refractivity contribution in [3.63, 3.8) is 0 Å². The topological polar surface area (TPSA) is 62.6 Å². The van der Waals surface area contributed by atoms with Crippen LogP contribution in [0.3, 0.4) is 0 Å². The maximum atomic E-state index is 12.4. The molecule has 0 spiro atoms. The molecule has 0 aliphatic rings. The minimum absolute atomic E-state index is 0.0231. The van der Waals surface area contributed by atoms with E-state index < -0.39 is 10.0 Å². The van der Waals surface area contributed by atoms with Crippen molar-refractivity contribution in [1.82, 2.24) is 9.62 Å². The molecule has 1 rings (SSSR count). The Hall–Kier alpha value is -0.850. The molecule has 0 radical (unpaired) electrons. The van der Waals surface area contributed by atoms with Crippen molar-refractivity contribution in [2.75, 3.05) is 13.6 Å². The first-order valence-electron chi connectivity index (χ1n) is 6.22. The average Bonchev–Trinajstić information content (AvgIpc) is 2.79. The highest BCUT2D eigenvalue weighted by molar-refractivity contribution is 7.89. The lowest BCUT2D eigenvalue weighted by atomic mass is 10.3. The van der Waals surface area contributed by atoms with Crippen LogP contribution < -0.4 is 5.32 Å². The molecule has 5 nitrogen and oxygen atoms in total. The summed E-state index contributed by atoms with van der Waals surface area (Å²) in [5.41, 5.74) is 0. The molecule has 0 saturated carbocycles. The number of nitrogens with zero attached hydrogens (tertiary/aromatic N) is 1. The molecule has 0 aliphatic carbocycles. The standard InChI is InChI=1S/C12H22N2O3S/c1-5-10(3)14(6-2)18(15,16)12-8-7-11(17-12)9-13-4/h7-8,10,13H,5-6,9H2,1-4H3. The van der Waals surface area contributed by atoms with Gasteiger partial charge in [-0.2, -0.15) is 4.31 Å². The van der Waals surface area contributed by atoms with Crippen LogP contribution in [-0.2, 0) is 16.6 Å². The van der Waals surface area contributed by atoms with E-state index >= 15 is 0 Å². The summed E-state index contributed by atoms with van der Waals surface area (Å²) < 4.78 is 31.6. The van der Waals surface area contributed by atoms with Gasteiger partial charge < -0.3 is 9.73 Å². The Balaban J connectivity index is 3.03. The Morgan fingerprint density at radius 3 is 2.56 bits per heavy atom. The molecule has 0 fully saturated rings. The van der Waals surface area contributed by atoms with Crippen LogP contribution in [0.4, 0.5) is 0 Å². The first kappa shape index (κ1) is 15.2. The summed E-state index contributed by atoms with van der Waals surface area (Å²) in [6.45, 7) is 6.67. The van der Waals surface area contributed by atoms with Crippen molar-refractivity contribution >= 4 is 10.0 Å². The molecular formula is C12H22N2O3S. The van der Waals surface area contributed by atoms with Gasteiger partial charge in [0, 0.05) is 12.6 Å². The fourth-order valence-corrected chi connectivity index (χ4v) is 3.45. The third-order valence-corrected chi connectivity index (χ3v) is 4.91. The van der Waals surface area contributed by atoms with E-state index in [0.29, 0.717) is 18.8 Å². The first-order chi connectivity index (χ1) is 8.47. The molecular weight excluding hydrogens is 252 g/mol. The van der Waals surface area contributed by atoms with Crippen LogP contribution in [0.5, 0.6) is 0 Å². The molecule has 0 amide bonds. The molecule has 1 aromatic heterocycles. The van der Waals surface area contributed by atoms with Gasteiger partial charge in [0.15, 0.2) is 0 Å². The van der Waals surface area contributed by atoms with Crippen LogP contribution >= 0.6 is 0 Å². The Morgan fingerprint density at radius 2 is 2.06 bits per heavy atom. The number of nitrogens with one attached hydrogen (secondary N) is 1. The monoisotopic (exact) mass is 274 g/mol. The van der Waals surface area contributed by atoms with Gasteiger partial charge in [0.25, 0.3) is 10.0 Å². The zero-order valence-electron chi connectivity index (χ0n) is 11.4. The van der Waals surface area contributed by atoms with Gasteiger partial charge >= 0.3 is 0 Å². The fraction of sp³-hybridized carbons (Fsp3) is 0.667. The zero-order valence-corrected chi connectivity index (χ0v) is 12.3. The van der Waals surface area contributed by atoms with Crippen LogP contribution in [0.1, 0.15) is 33.0 Å². The summed E-state index contributed by atoms with van der Waals surface area (Å²) in [4.78, 5) is 0. The highest BCUT2D eigenvalue weighted by Crippen LogP contribution is 2.21. The number of rotatable bonds is 7. The molecule has 0 saturated heterocycles. The maximum Gasteiger partial charge on any atom is 0.276 e. The van der Waals surface area contributed by atoms with Gasteiger partial charge in [0.05, 0.1) is 6.54 Å². The van der Waals surface area contributed by atoms with E-state index in [4.69, 9.17) is 4.42 Å². The van der Waals surface area contributed by atoms with Crippen molar-refractivity contribution in [2.24, 2.45) is 0 Å². The smallest absolute Gasteiger partial charge is 0.276 e. The number of hydrogen-bond donors (Lipinski definition) is 1. The predicted octanol–water partition coefficient (Wildman–Crippen LogP) is 1.81. The summed E-state index contributed by atoms with van der Waals surface area (Å²) in [6, 6.07) is 3.18. The van der Waals surface area contributed by atoms with E-state index in [1.807, 2.05) is 20.8 Å². The van der Waals surface area contributed by atoms with E-state index in [0.717, 1.165) is 6.42 Å². The molecule has 104 valence electrons. The minimum atomic E-state index is -3.52. The quantitative estimate of drug-likeness (QED) is 0.823. The zero-order chi connectivity index (χ0) is 13.8. The van der Waals surface area contributed by atoms with Crippen molar-refractivity contribution < 1.29 is 12.8 Å². The molecule has 0 aromatic carbocycles. The number of hydrogen-bond acceptors (Lipinski definition) is 4. The summed E-state index contributed by atoms with van der Waals surface area (Å²) in [6.07, 6.45) is 0.775. The van der Waals surface area contributed by atoms with Crippen molar-refractivity contribution in [3.8, 4) is 0 Å². The van der Waals surface area contributed by atoms with Gasteiger partial charge in [-0.25, -0.2) is 8.42 Å². The second-order valence-corrected chi connectivity index (χ2v) is 6.04. The van der Waals surface area contributed by atoms with Crippen LogP contribution in [0.2, 0.25) is 0 Å². The van der Waals surface area contributed by atoms with E-state index in [1.54, 1.807) is 13.1 Å². The normalized spacial score (nSPS) is 14.1. The summed E-state index contributed by atoms with van der Waals surface area (Å²) >= 11 is 0. The molecule has 18 heavy (non-hydrogen) atoms. The second kappa shape index (κ2) is 6.36. The van der Waals surface area contributed by atoms with Crippen molar-refractivity contribution in [2.45, 2.75) is 44.9 Å². The molecule has 0 bridgehead atoms. The van der Waals surface area contributed by atoms with E-state index in [1.165, 1.54) is 10.4 Å². The molecule has 6 heteroatoms. The van der Waals surface area contributed by atoms with Gasteiger partial charge in [-0.3, -0.25) is 0 Å². The maximum absolute atomic E-state index is 12.4. The van der Waals surface area contributed by atoms with Crippen LogP contribution in [-0.4, -0.2) is 32.4 Å². The number of sulfonamides is 1. The molecule has 0 aliphatic heterocycles. The molecule has 1 heterocycles. The molecule has 1 aromatic rings. The largest absolute Gasteiger partial charge is 0.447 e. The first-order valence-corrected chi connectivity index (χ1v) is 7.66. The van der Waals surface area contributed by atoms with Gasteiger partial charge in [0.1, 0.15) is 5.76 Å². The Bertz CT molecular complexity index is 467. The fourth-order valence-electron chi connectivity index (χ4n) is 1.80. The minimum Gasteiger partial charge on any atom is -0.447 e. The van der Waals surface area contributed by atoms with Gasteiger partial charge in [-0.05, 0) is 32.5 Å². The average molecular weight is 274 g/mol. The van der Waals surface area contributed by atoms with E-state index in [2.05, 4.69) is 5.32 Å². The lowest BCUT2D eigenvalue weighted by Crippen LogP contribution is -2.37. The highest BCUT2D eigenvalue weighted by atomic mass is 32.2. The van der Waals surface area contributed by atoms with E-state index in [-0.39, 0.29) is 11.1 Å². The third kappa shape index (κ3) is 3.13. The van der Waals surface area contributed by atoms with Crippen molar-refractivity contribution in [1.29, 1.82) is 0 Å². The summed E-state index contributed by atoms with van der Waals surface area (Å²) in [7, 11) is -1.74. The lowest BCUT2D eigenvalue weighted by Gasteiger charge is -2.24. The van der Waals surface area contributed by atoms with E-state index in [9.17, 15) is 8.42 Å². The van der Waals surface area contributed by atoms with Gasteiger partial charge in [-0.1, -0.05) is 13.8 Å². The third-order valence-electron chi connectivity index (χ3n) is 2.95. The molecule has 1 unspecified atom stereocenters. The van der Waals surface area contributed by atoms with Gasteiger partial charge in [-0.15, -0.1) is 0 Å². The SMILES string of the molecule is CCC(C)N(CC)S(=O)(=O)c1ccc(CNC)o1. The van der Waals surface area contributed by atoms with Crippen LogP contribution in [0.15, 0.2) is 21.6 Å². The Labute approximate surface area is 109 Å². The predicted molar refractivity (Wildman–Crippen MR) is 70.8 cm³/mol. The van der Waals surface area contributed by atoms with Crippen LogP contribution in [0, 0.1) is 0 Å². The van der Waals surface area contributed by atoms with Gasteiger partial charge in [0.2, 0.25) is 5.09 Å².